The Labute approximate surface area is 230 Å². The summed E-state index contributed by atoms with van der Waals surface area (Å²) in [4.78, 5) is 35.3. The van der Waals surface area contributed by atoms with Crippen molar-refractivity contribution < 1.29 is 14.3 Å². The average molecular weight is 530 g/mol. The number of carbonyl (C=O) groups excluding carboxylic acids is 2. The van der Waals surface area contributed by atoms with Gasteiger partial charge in [0.2, 0.25) is 5.91 Å². The number of methoxy groups -OCH3 is 1. The minimum atomic E-state index is -0.326. The third-order valence-electron chi connectivity index (χ3n) is 8.89. The fourth-order valence-corrected chi connectivity index (χ4v) is 6.90. The van der Waals surface area contributed by atoms with Crippen molar-refractivity contribution in [3.05, 3.63) is 59.4 Å². The highest BCUT2D eigenvalue weighted by molar-refractivity contribution is 5.95. The van der Waals surface area contributed by atoms with Crippen molar-refractivity contribution in [1.82, 2.24) is 19.8 Å². The fourth-order valence-electron chi connectivity index (χ4n) is 6.90. The topological polar surface area (TPSA) is 79.7 Å². The fraction of sp³-hybridized carbons (Fsp3) is 0.516. The van der Waals surface area contributed by atoms with Crippen LogP contribution in [0, 0.1) is 5.92 Å². The van der Waals surface area contributed by atoms with Crippen LogP contribution in [0.15, 0.2) is 42.5 Å². The molecule has 1 aliphatic carbocycles. The van der Waals surface area contributed by atoms with Gasteiger partial charge in [-0.2, -0.15) is 0 Å². The lowest BCUT2D eigenvalue weighted by atomic mass is 9.84. The first kappa shape index (κ1) is 25.9. The Morgan fingerprint density at radius 3 is 2.62 bits per heavy atom. The molecule has 3 heterocycles. The molecule has 1 saturated carbocycles. The first-order valence-electron chi connectivity index (χ1n) is 14.5. The number of carbonyl (C=O) groups is 2. The number of piperazine rings is 1. The molecule has 3 atom stereocenters. The molecule has 3 aliphatic rings. The zero-order valence-corrected chi connectivity index (χ0v) is 23.1. The molecule has 0 bridgehead atoms. The molecule has 0 radical (unpaired) electrons. The Bertz CT molecular complexity index is 1350. The minimum Gasteiger partial charge on any atom is -0.452 e. The molecule has 39 heavy (non-hydrogen) atoms. The van der Waals surface area contributed by atoms with Crippen LogP contribution in [0.5, 0.6) is 0 Å². The van der Waals surface area contributed by atoms with E-state index in [0.717, 1.165) is 99.2 Å². The minimum absolute atomic E-state index is 0.0529. The molecule has 1 saturated heterocycles. The predicted octanol–water partition coefficient (Wildman–Crippen LogP) is 4.70. The van der Waals surface area contributed by atoms with Crippen molar-refractivity contribution >= 4 is 28.7 Å². The summed E-state index contributed by atoms with van der Waals surface area (Å²) in [5, 5.41) is 3.36. The first-order valence-corrected chi connectivity index (χ1v) is 14.5. The Balaban J connectivity index is 1.40. The van der Waals surface area contributed by atoms with E-state index in [0.29, 0.717) is 5.91 Å². The van der Waals surface area contributed by atoms with Gasteiger partial charge in [0.15, 0.2) is 0 Å². The highest BCUT2D eigenvalue weighted by atomic mass is 16.5. The van der Waals surface area contributed by atoms with Crippen molar-refractivity contribution in [2.75, 3.05) is 38.2 Å². The maximum absolute atomic E-state index is 13.5. The van der Waals surface area contributed by atoms with Crippen LogP contribution < -0.4 is 10.2 Å². The van der Waals surface area contributed by atoms with E-state index >= 15 is 0 Å². The second-order valence-corrected chi connectivity index (χ2v) is 11.3. The predicted molar refractivity (Wildman–Crippen MR) is 152 cm³/mol. The number of hydrogen-bond acceptors (Lipinski definition) is 5. The molecule has 8 heteroatoms. The van der Waals surface area contributed by atoms with E-state index in [9.17, 15) is 9.59 Å². The number of aryl methyl sites for hydroxylation is 1. The van der Waals surface area contributed by atoms with Gasteiger partial charge in [-0.3, -0.25) is 9.69 Å². The number of fused-ring (bicyclic) bond motifs is 3. The van der Waals surface area contributed by atoms with Gasteiger partial charge in [-0.05, 0) is 56.7 Å². The number of nitrogens with one attached hydrogen (secondary N) is 1. The molecule has 2 amide bonds. The number of ether oxygens (including phenoxy) is 1. The van der Waals surface area contributed by atoms with Crippen molar-refractivity contribution in [1.29, 1.82) is 0 Å². The number of amides is 2. The number of imidazole rings is 1. The van der Waals surface area contributed by atoms with Crippen molar-refractivity contribution in [2.45, 2.75) is 64.0 Å². The Morgan fingerprint density at radius 1 is 1.05 bits per heavy atom. The molecule has 6 rings (SSSR count). The number of anilines is 1. The number of hydrogen-bond donors (Lipinski definition) is 1. The van der Waals surface area contributed by atoms with Gasteiger partial charge in [0, 0.05) is 56.2 Å². The lowest BCUT2D eigenvalue weighted by molar-refractivity contribution is -0.137. The second kappa shape index (κ2) is 11.0. The van der Waals surface area contributed by atoms with E-state index in [1.165, 1.54) is 12.7 Å². The van der Waals surface area contributed by atoms with Crippen LogP contribution in [0.1, 0.15) is 62.0 Å². The molecule has 2 fully saturated rings. The van der Waals surface area contributed by atoms with Gasteiger partial charge in [-0.1, -0.05) is 36.8 Å². The largest absolute Gasteiger partial charge is 0.452 e. The normalized spacial score (nSPS) is 23.5. The second-order valence-electron chi connectivity index (χ2n) is 11.3. The molecular formula is C31H39N5O3. The smallest absolute Gasteiger partial charge is 0.414 e. The molecule has 3 aromatic rings. The molecule has 2 aliphatic heterocycles. The van der Waals surface area contributed by atoms with Crippen LogP contribution in [0.2, 0.25) is 0 Å². The third kappa shape index (κ3) is 4.91. The Morgan fingerprint density at radius 2 is 1.85 bits per heavy atom. The van der Waals surface area contributed by atoms with Crippen LogP contribution in [-0.2, 0) is 22.4 Å². The van der Waals surface area contributed by atoms with E-state index in [2.05, 4.69) is 58.1 Å². The molecule has 2 aromatic carbocycles. The summed E-state index contributed by atoms with van der Waals surface area (Å²) >= 11 is 0. The Kier molecular flexibility index (Phi) is 7.30. The van der Waals surface area contributed by atoms with Gasteiger partial charge in [-0.15, -0.1) is 0 Å². The number of aromatic nitrogens is 2. The molecule has 0 spiro atoms. The zero-order chi connectivity index (χ0) is 26.9. The highest BCUT2D eigenvalue weighted by Crippen LogP contribution is 2.41. The van der Waals surface area contributed by atoms with E-state index in [1.807, 2.05) is 6.07 Å². The molecule has 1 aromatic heterocycles. The summed E-state index contributed by atoms with van der Waals surface area (Å²) in [7, 11) is 1.44. The summed E-state index contributed by atoms with van der Waals surface area (Å²) in [5.74, 6) is 1.40. The SMILES string of the molecule is COC(=O)N1c2ccc3c(nc(Cc4ccccc4)n3[C@H]3CCC[C@H](C(=O)N4CCNCC4)C3)c2CC[C@@H]1C. The number of nitrogens with zero attached hydrogens (tertiary/aromatic N) is 4. The quantitative estimate of drug-likeness (QED) is 0.530. The standard InChI is InChI=1S/C31H39N5O3/c1-21-11-12-25-26(35(21)31(38)39-2)13-14-27-29(25)33-28(19-22-7-4-3-5-8-22)36(27)24-10-6-9-23(20-24)30(37)34-17-15-32-16-18-34/h3-5,7-8,13-14,21,23-24,32H,6,9-12,15-20H2,1-2H3/t21-,23-,24-/m0/s1. The van der Waals surface area contributed by atoms with Crippen LogP contribution in [0.25, 0.3) is 11.0 Å². The first-order chi connectivity index (χ1) is 19.0. The molecule has 0 unspecified atom stereocenters. The van der Waals surface area contributed by atoms with E-state index in [4.69, 9.17) is 9.72 Å². The highest BCUT2D eigenvalue weighted by Gasteiger charge is 2.35. The third-order valence-corrected chi connectivity index (χ3v) is 8.89. The summed E-state index contributed by atoms with van der Waals surface area (Å²) in [6.07, 6.45) is 6.03. The molecule has 1 N–H and O–H groups in total. The summed E-state index contributed by atoms with van der Waals surface area (Å²) in [6, 6.07) is 15.0. The number of rotatable bonds is 4. The maximum atomic E-state index is 13.5. The zero-order valence-electron chi connectivity index (χ0n) is 23.1. The van der Waals surface area contributed by atoms with Crippen LogP contribution >= 0.6 is 0 Å². The van der Waals surface area contributed by atoms with Gasteiger partial charge in [-0.25, -0.2) is 9.78 Å². The number of benzene rings is 2. The monoisotopic (exact) mass is 529 g/mol. The van der Waals surface area contributed by atoms with E-state index < -0.39 is 0 Å². The molecule has 206 valence electrons. The van der Waals surface area contributed by atoms with Gasteiger partial charge in [0.25, 0.3) is 0 Å². The Hall–Kier alpha value is -3.39. The lowest BCUT2D eigenvalue weighted by Crippen LogP contribution is -2.49. The van der Waals surface area contributed by atoms with Gasteiger partial charge in [0.05, 0.1) is 23.8 Å². The molecule has 8 nitrogen and oxygen atoms in total. The molecular weight excluding hydrogens is 490 g/mol. The maximum Gasteiger partial charge on any atom is 0.414 e. The van der Waals surface area contributed by atoms with Crippen LogP contribution in [-0.4, -0.2) is 65.8 Å². The summed E-state index contributed by atoms with van der Waals surface area (Å²) in [5.41, 5.74) is 5.33. The lowest BCUT2D eigenvalue weighted by Gasteiger charge is -2.36. The summed E-state index contributed by atoms with van der Waals surface area (Å²) < 4.78 is 7.57. The van der Waals surface area contributed by atoms with E-state index in [-0.39, 0.29) is 24.1 Å². The van der Waals surface area contributed by atoms with Gasteiger partial charge >= 0.3 is 6.09 Å². The summed E-state index contributed by atoms with van der Waals surface area (Å²) in [6.45, 7) is 5.42. The van der Waals surface area contributed by atoms with Gasteiger partial charge in [0.1, 0.15) is 5.82 Å². The van der Waals surface area contributed by atoms with Crippen LogP contribution in [0.4, 0.5) is 10.5 Å². The van der Waals surface area contributed by atoms with Crippen LogP contribution in [0.3, 0.4) is 0 Å². The van der Waals surface area contributed by atoms with E-state index in [1.54, 1.807) is 4.90 Å². The van der Waals surface area contributed by atoms with Crippen molar-refractivity contribution in [2.24, 2.45) is 5.92 Å². The van der Waals surface area contributed by atoms with Gasteiger partial charge < -0.3 is 19.5 Å². The average Bonchev–Trinajstić information content (AvgIpc) is 3.35. The van der Waals surface area contributed by atoms with Crippen molar-refractivity contribution in [3.8, 4) is 0 Å². The van der Waals surface area contributed by atoms with Crippen molar-refractivity contribution in [3.63, 3.8) is 0 Å².